The predicted molar refractivity (Wildman–Crippen MR) is 79.9 cm³/mol. The zero-order valence-electron chi connectivity index (χ0n) is 11.5. The zero-order valence-corrected chi connectivity index (χ0v) is 12.4. The Kier molecular flexibility index (Phi) is 6.68. The highest BCUT2D eigenvalue weighted by Gasteiger charge is 2.13. The molecule has 0 aliphatic rings. The second-order valence-corrected chi connectivity index (χ2v) is 5.77. The van der Waals surface area contributed by atoms with E-state index in [0.29, 0.717) is 6.04 Å². The van der Waals surface area contributed by atoms with Crippen molar-refractivity contribution in [2.75, 3.05) is 18.1 Å². The van der Waals surface area contributed by atoms with Crippen molar-refractivity contribution in [2.24, 2.45) is 0 Å². The van der Waals surface area contributed by atoms with Crippen LogP contribution in [0.4, 0.5) is 0 Å². The number of aryl methyl sites for hydroxylation is 1. The molecule has 0 bridgehead atoms. The quantitative estimate of drug-likeness (QED) is 0.783. The molecule has 96 valence electrons. The first-order valence-electron chi connectivity index (χ1n) is 6.57. The third-order valence-electron chi connectivity index (χ3n) is 3.15. The fraction of sp³-hybridized carbons (Fsp3) is 0.600. The number of rotatable bonds is 7. The maximum Gasteiger partial charge on any atom is 0.0414 e. The number of nitrogens with one attached hydrogen (secondary N) is 1. The molecule has 1 atom stereocenters. The predicted octanol–water partition coefficient (Wildman–Crippen LogP) is 4.10. The lowest BCUT2D eigenvalue weighted by Crippen LogP contribution is -2.25. The second kappa shape index (κ2) is 7.78. The van der Waals surface area contributed by atoms with Crippen LogP contribution in [0, 0.1) is 13.8 Å². The van der Waals surface area contributed by atoms with Crippen LogP contribution in [0.3, 0.4) is 0 Å². The van der Waals surface area contributed by atoms with Crippen molar-refractivity contribution in [3.63, 3.8) is 0 Å². The van der Waals surface area contributed by atoms with Gasteiger partial charge in [0.2, 0.25) is 0 Å². The molecule has 0 fully saturated rings. The molecule has 2 heteroatoms. The molecule has 0 saturated carbocycles. The summed E-state index contributed by atoms with van der Waals surface area (Å²) < 4.78 is 0. The van der Waals surface area contributed by atoms with Crippen LogP contribution in [-0.4, -0.2) is 18.1 Å². The maximum atomic E-state index is 3.67. The van der Waals surface area contributed by atoms with Gasteiger partial charge in [0.15, 0.2) is 0 Å². The highest BCUT2D eigenvalue weighted by molar-refractivity contribution is 7.99. The van der Waals surface area contributed by atoms with Crippen molar-refractivity contribution in [2.45, 2.75) is 40.2 Å². The van der Waals surface area contributed by atoms with Crippen LogP contribution in [0.2, 0.25) is 0 Å². The molecule has 0 heterocycles. The third-order valence-corrected chi connectivity index (χ3v) is 4.13. The fourth-order valence-electron chi connectivity index (χ4n) is 1.96. The van der Waals surface area contributed by atoms with Crippen LogP contribution in [-0.2, 0) is 0 Å². The van der Waals surface area contributed by atoms with Crippen LogP contribution in [0.25, 0.3) is 0 Å². The van der Waals surface area contributed by atoms with E-state index in [2.05, 4.69) is 51.2 Å². The first kappa shape index (κ1) is 14.6. The molecular weight excluding hydrogens is 226 g/mol. The average molecular weight is 251 g/mol. The molecule has 1 rings (SSSR count). The second-order valence-electron chi connectivity index (χ2n) is 4.46. The number of hydrogen-bond acceptors (Lipinski definition) is 2. The van der Waals surface area contributed by atoms with Gasteiger partial charge < -0.3 is 5.32 Å². The van der Waals surface area contributed by atoms with Gasteiger partial charge in [-0.3, -0.25) is 0 Å². The molecule has 0 amide bonds. The first-order chi connectivity index (χ1) is 8.20. The summed E-state index contributed by atoms with van der Waals surface area (Å²) in [6.45, 7) is 9.98. The number of thioether (sulfide) groups is 1. The Morgan fingerprint density at radius 2 is 2.00 bits per heavy atom. The smallest absolute Gasteiger partial charge is 0.0414 e. The summed E-state index contributed by atoms with van der Waals surface area (Å²) in [7, 11) is 0. The number of benzene rings is 1. The van der Waals surface area contributed by atoms with Gasteiger partial charge in [-0.25, -0.2) is 0 Å². The lowest BCUT2D eigenvalue weighted by molar-refractivity contribution is 0.575. The summed E-state index contributed by atoms with van der Waals surface area (Å²) in [5.41, 5.74) is 4.31. The van der Waals surface area contributed by atoms with Crippen LogP contribution in [0.15, 0.2) is 18.2 Å². The molecule has 1 unspecified atom stereocenters. The molecule has 0 spiro atoms. The van der Waals surface area contributed by atoms with Gasteiger partial charge in [0.05, 0.1) is 0 Å². The topological polar surface area (TPSA) is 12.0 Å². The molecule has 1 aromatic carbocycles. The molecular formula is C15H25NS. The van der Waals surface area contributed by atoms with Crippen molar-refractivity contribution in [3.8, 4) is 0 Å². The van der Waals surface area contributed by atoms with E-state index >= 15 is 0 Å². The normalized spacial score (nSPS) is 12.7. The molecule has 0 aliphatic carbocycles. The highest BCUT2D eigenvalue weighted by Crippen LogP contribution is 2.23. The molecule has 1 aromatic rings. The summed E-state index contributed by atoms with van der Waals surface area (Å²) >= 11 is 2.01. The minimum absolute atomic E-state index is 0.500. The Balaban J connectivity index is 2.83. The molecule has 0 radical (unpaired) electrons. The van der Waals surface area contributed by atoms with Crippen LogP contribution in [0.5, 0.6) is 0 Å². The van der Waals surface area contributed by atoms with E-state index in [-0.39, 0.29) is 0 Å². The van der Waals surface area contributed by atoms with E-state index in [0.717, 1.165) is 6.54 Å². The van der Waals surface area contributed by atoms with Crippen LogP contribution >= 0.6 is 11.8 Å². The molecule has 17 heavy (non-hydrogen) atoms. The Morgan fingerprint density at radius 3 is 2.65 bits per heavy atom. The lowest BCUT2D eigenvalue weighted by Gasteiger charge is -2.21. The minimum atomic E-state index is 0.500. The van der Waals surface area contributed by atoms with Gasteiger partial charge in [0.1, 0.15) is 0 Å². The Labute approximate surface area is 110 Å². The van der Waals surface area contributed by atoms with Crippen molar-refractivity contribution in [3.05, 3.63) is 34.9 Å². The lowest BCUT2D eigenvalue weighted by atomic mass is 9.98. The van der Waals surface area contributed by atoms with Gasteiger partial charge >= 0.3 is 0 Å². The zero-order chi connectivity index (χ0) is 12.7. The molecule has 0 aromatic heterocycles. The van der Waals surface area contributed by atoms with E-state index in [4.69, 9.17) is 0 Å². The average Bonchev–Trinajstić information content (AvgIpc) is 2.34. The molecule has 1 nitrogen and oxygen atoms in total. The highest BCUT2D eigenvalue weighted by atomic mass is 32.2. The van der Waals surface area contributed by atoms with Crippen molar-refractivity contribution < 1.29 is 0 Å². The van der Waals surface area contributed by atoms with Crippen LogP contribution < -0.4 is 5.32 Å². The van der Waals surface area contributed by atoms with Gasteiger partial charge in [-0.2, -0.15) is 11.8 Å². The standard InChI is InChI=1S/C15H25NS/c1-5-10-16-15(11-17-6-2)14-9-7-8-12(3)13(14)4/h7-9,15-16H,5-6,10-11H2,1-4H3. The fourth-order valence-corrected chi connectivity index (χ4v) is 2.73. The summed E-state index contributed by atoms with van der Waals surface area (Å²) in [6.07, 6.45) is 1.19. The van der Waals surface area contributed by atoms with Crippen molar-refractivity contribution >= 4 is 11.8 Å². The Bertz CT molecular complexity index is 328. The van der Waals surface area contributed by atoms with E-state index in [9.17, 15) is 0 Å². The van der Waals surface area contributed by atoms with Gasteiger partial charge in [0.25, 0.3) is 0 Å². The molecule has 0 saturated heterocycles. The van der Waals surface area contributed by atoms with E-state index in [1.165, 1.54) is 34.6 Å². The van der Waals surface area contributed by atoms with Crippen LogP contribution in [0.1, 0.15) is 43.0 Å². The van der Waals surface area contributed by atoms with E-state index < -0.39 is 0 Å². The van der Waals surface area contributed by atoms with E-state index in [1.54, 1.807) is 0 Å². The van der Waals surface area contributed by atoms with Gasteiger partial charge in [0, 0.05) is 11.8 Å². The SMILES string of the molecule is CCCNC(CSCC)c1cccc(C)c1C. The molecule has 1 N–H and O–H groups in total. The van der Waals surface area contributed by atoms with Gasteiger partial charge in [-0.15, -0.1) is 0 Å². The van der Waals surface area contributed by atoms with Gasteiger partial charge in [-0.05, 0) is 49.3 Å². The Morgan fingerprint density at radius 1 is 1.24 bits per heavy atom. The van der Waals surface area contributed by atoms with Crippen molar-refractivity contribution in [1.29, 1.82) is 0 Å². The largest absolute Gasteiger partial charge is 0.309 e. The summed E-state index contributed by atoms with van der Waals surface area (Å²) in [4.78, 5) is 0. The summed E-state index contributed by atoms with van der Waals surface area (Å²) in [5, 5.41) is 3.67. The minimum Gasteiger partial charge on any atom is -0.309 e. The van der Waals surface area contributed by atoms with Crippen molar-refractivity contribution in [1.82, 2.24) is 5.32 Å². The maximum absolute atomic E-state index is 3.67. The number of hydrogen-bond donors (Lipinski definition) is 1. The van der Waals surface area contributed by atoms with Gasteiger partial charge in [-0.1, -0.05) is 32.0 Å². The summed E-state index contributed by atoms with van der Waals surface area (Å²) in [5.74, 6) is 2.36. The first-order valence-corrected chi connectivity index (χ1v) is 7.73. The third kappa shape index (κ3) is 4.36. The molecule has 0 aliphatic heterocycles. The van der Waals surface area contributed by atoms with E-state index in [1.807, 2.05) is 11.8 Å². The summed E-state index contributed by atoms with van der Waals surface area (Å²) in [6, 6.07) is 7.14. The monoisotopic (exact) mass is 251 g/mol. The Hall–Kier alpha value is -0.470.